The zero-order valence-corrected chi connectivity index (χ0v) is 14.6. The van der Waals surface area contributed by atoms with E-state index in [0.29, 0.717) is 5.38 Å². The summed E-state index contributed by atoms with van der Waals surface area (Å²) < 4.78 is 0. The van der Waals surface area contributed by atoms with E-state index in [0.717, 1.165) is 5.92 Å². The van der Waals surface area contributed by atoms with Crippen molar-refractivity contribution in [1.29, 1.82) is 0 Å². The molecule has 0 N–H and O–H groups in total. The maximum absolute atomic E-state index is 6.51. The van der Waals surface area contributed by atoms with E-state index in [1.807, 2.05) is 0 Å². The molecule has 1 aliphatic rings. The quantitative estimate of drug-likeness (QED) is 0.211. The van der Waals surface area contributed by atoms with E-state index in [2.05, 4.69) is 6.92 Å². The predicted octanol–water partition coefficient (Wildman–Crippen LogP) is 7.49. The Balaban J connectivity index is 1.86. The Labute approximate surface area is 133 Å². The van der Waals surface area contributed by atoms with Gasteiger partial charge in [0.25, 0.3) is 0 Å². The number of hydrogen-bond donors (Lipinski definition) is 0. The first-order chi connectivity index (χ1) is 9.84. The van der Waals surface area contributed by atoms with Crippen LogP contribution in [0, 0.1) is 5.92 Å². The zero-order chi connectivity index (χ0) is 14.5. The minimum Gasteiger partial charge on any atom is -0.123 e. The van der Waals surface area contributed by atoms with E-state index >= 15 is 0 Å². The lowest BCUT2D eigenvalue weighted by molar-refractivity contribution is 0.409. The smallest absolute Gasteiger partial charge is 0.0364 e. The number of hydrogen-bond acceptors (Lipinski definition) is 0. The summed E-state index contributed by atoms with van der Waals surface area (Å²) in [6.45, 7) is 2.29. The highest BCUT2D eigenvalue weighted by Gasteiger charge is 2.20. The topological polar surface area (TPSA) is 0 Å². The van der Waals surface area contributed by atoms with Crippen LogP contribution in [-0.2, 0) is 0 Å². The van der Waals surface area contributed by atoms with Gasteiger partial charge in [-0.3, -0.25) is 0 Å². The minimum absolute atomic E-state index is 0.482. The molecule has 0 amide bonds. The van der Waals surface area contributed by atoms with Gasteiger partial charge in [-0.05, 0) is 25.2 Å². The van der Waals surface area contributed by atoms with E-state index < -0.39 is 0 Å². The molecule has 1 fully saturated rings. The highest BCUT2D eigenvalue weighted by atomic mass is 35.5. The molecule has 0 nitrogen and oxygen atoms in total. The fourth-order valence-electron chi connectivity index (χ4n) is 3.56. The van der Waals surface area contributed by atoms with Gasteiger partial charge in [0, 0.05) is 5.38 Å². The molecule has 1 saturated carbocycles. The predicted molar refractivity (Wildman–Crippen MR) is 92.7 cm³/mol. The number of halogens is 1. The molecule has 0 aliphatic heterocycles. The lowest BCUT2D eigenvalue weighted by Gasteiger charge is -2.19. The van der Waals surface area contributed by atoms with Gasteiger partial charge < -0.3 is 0 Å². The van der Waals surface area contributed by atoms with Crippen LogP contribution < -0.4 is 0 Å². The molecule has 0 saturated heterocycles. The lowest BCUT2D eigenvalue weighted by atomic mass is 9.93. The molecule has 20 heavy (non-hydrogen) atoms. The van der Waals surface area contributed by atoms with E-state index in [-0.39, 0.29) is 0 Å². The van der Waals surface area contributed by atoms with Crippen molar-refractivity contribution in [3.05, 3.63) is 0 Å². The Morgan fingerprint density at radius 1 is 0.700 bits per heavy atom. The molecule has 1 rings (SSSR count). The highest BCUT2D eigenvalue weighted by molar-refractivity contribution is 6.20. The van der Waals surface area contributed by atoms with Crippen LogP contribution in [0.1, 0.15) is 110 Å². The fourth-order valence-corrected chi connectivity index (χ4v) is 3.96. The zero-order valence-electron chi connectivity index (χ0n) is 13.8. The summed E-state index contributed by atoms with van der Waals surface area (Å²) in [6, 6.07) is 0. The standard InChI is InChI=1S/C19H37Cl/c1-2-3-4-5-6-7-8-9-10-12-15-18-16-13-11-14-17-19(18)20/h18-19H,2-17H2,1H3. The Kier molecular flexibility index (Phi) is 11.9. The van der Waals surface area contributed by atoms with E-state index in [1.165, 1.54) is 103 Å². The molecule has 1 heteroatoms. The van der Waals surface area contributed by atoms with Gasteiger partial charge in [0.2, 0.25) is 0 Å². The first-order valence-electron chi connectivity index (χ1n) is 9.48. The molecule has 120 valence electrons. The van der Waals surface area contributed by atoms with Gasteiger partial charge in [-0.25, -0.2) is 0 Å². The monoisotopic (exact) mass is 300 g/mol. The SMILES string of the molecule is CCCCCCCCCCCCC1CCCCCC1Cl. The third kappa shape index (κ3) is 9.27. The average Bonchev–Trinajstić information content (AvgIpc) is 2.66. The Morgan fingerprint density at radius 3 is 1.90 bits per heavy atom. The highest BCUT2D eigenvalue weighted by Crippen LogP contribution is 2.31. The van der Waals surface area contributed by atoms with E-state index in [9.17, 15) is 0 Å². The van der Waals surface area contributed by atoms with Crippen molar-refractivity contribution in [2.75, 3.05) is 0 Å². The van der Waals surface area contributed by atoms with Crippen LogP contribution in [-0.4, -0.2) is 5.38 Å². The molecule has 2 unspecified atom stereocenters. The van der Waals surface area contributed by atoms with Crippen LogP contribution >= 0.6 is 11.6 Å². The second kappa shape index (κ2) is 13.0. The molecule has 0 aromatic carbocycles. The summed E-state index contributed by atoms with van der Waals surface area (Å²) in [5.74, 6) is 0.827. The fraction of sp³-hybridized carbons (Fsp3) is 1.00. The molecule has 0 bridgehead atoms. The molecule has 0 aromatic heterocycles. The van der Waals surface area contributed by atoms with Crippen LogP contribution in [0.15, 0.2) is 0 Å². The van der Waals surface area contributed by atoms with Crippen LogP contribution in [0.2, 0.25) is 0 Å². The maximum atomic E-state index is 6.51. The first kappa shape index (κ1) is 18.3. The van der Waals surface area contributed by atoms with Crippen molar-refractivity contribution in [2.45, 2.75) is 115 Å². The van der Waals surface area contributed by atoms with Gasteiger partial charge >= 0.3 is 0 Å². The normalized spacial score (nSPS) is 23.7. The molecule has 0 radical (unpaired) electrons. The van der Waals surface area contributed by atoms with Gasteiger partial charge in [0.05, 0.1) is 0 Å². The average molecular weight is 301 g/mol. The van der Waals surface area contributed by atoms with E-state index in [4.69, 9.17) is 11.6 Å². The van der Waals surface area contributed by atoms with Crippen molar-refractivity contribution in [3.63, 3.8) is 0 Å². The minimum atomic E-state index is 0.482. The lowest BCUT2D eigenvalue weighted by Crippen LogP contribution is -2.12. The van der Waals surface area contributed by atoms with Crippen LogP contribution in [0.25, 0.3) is 0 Å². The largest absolute Gasteiger partial charge is 0.123 e. The summed E-state index contributed by atoms with van der Waals surface area (Å²) in [5, 5.41) is 0.482. The number of unbranched alkanes of at least 4 members (excludes halogenated alkanes) is 9. The summed E-state index contributed by atoms with van der Waals surface area (Å²) in [5.41, 5.74) is 0. The van der Waals surface area contributed by atoms with Crippen molar-refractivity contribution in [3.8, 4) is 0 Å². The summed E-state index contributed by atoms with van der Waals surface area (Å²) in [4.78, 5) is 0. The van der Waals surface area contributed by atoms with Crippen LogP contribution in [0.4, 0.5) is 0 Å². The number of alkyl halides is 1. The molecule has 2 atom stereocenters. The van der Waals surface area contributed by atoms with Crippen molar-refractivity contribution in [1.82, 2.24) is 0 Å². The summed E-state index contributed by atoms with van der Waals surface area (Å²) in [7, 11) is 0. The second-order valence-corrected chi connectivity index (χ2v) is 7.45. The van der Waals surface area contributed by atoms with Gasteiger partial charge in [0.1, 0.15) is 0 Å². The molecule has 0 heterocycles. The molecular formula is C19H37Cl. The summed E-state index contributed by atoms with van der Waals surface area (Å²) in [6.07, 6.45) is 22.7. The second-order valence-electron chi connectivity index (χ2n) is 6.88. The van der Waals surface area contributed by atoms with Crippen molar-refractivity contribution in [2.24, 2.45) is 5.92 Å². The third-order valence-corrected chi connectivity index (χ3v) is 5.57. The maximum Gasteiger partial charge on any atom is 0.0364 e. The van der Waals surface area contributed by atoms with Gasteiger partial charge in [-0.2, -0.15) is 0 Å². The van der Waals surface area contributed by atoms with Crippen LogP contribution in [0.3, 0.4) is 0 Å². The number of rotatable bonds is 11. The Morgan fingerprint density at radius 2 is 1.25 bits per heavy atom. The summed E-state index contributed by atoms with van der Waals surface area (Å²) >= 11 is 6.51. The van der Waals surface area contributed by atoms with Crippen molar-refractivity contribution >= 4 is 11.6 Å². The van der Waals surface area contributed by atoms with Gasteiger partial charge in [0.15, 0.2) is 0 Å². The van der Waals surface area contributed by atoms with Gasteiger partial charge in [-0.1, -0.05) is 90.4 Å². The molecule has 0 aromatic rings. The van der Waals surface area contributed by atoms with Crippen molar-refractivity contribution < 1.29 is 0 Å². The molecule has 0 spiro atoms. The first-order valence-corrected chi connectivity index (χ1v) is 9.92. The van der Waals surface area contributed by atoms with Crippen LogP contribution in [0.5, 0.6) is 0 Å². The molecule has 1 aliphatic carbocycles. The third-order valence-electron chi connectivity index (χ3n) is 4.99. The van der Waals surface area contributed by atoms with E-state index in [1.54, 1.807) is 0 Å². The Bertz CT molecular complexity index is 202. The molecular weight excluding hydrogens is 264 g/mol. The van der Waals surface area contributed by atoms with Gasteiger partial charge in [-0.15, -0.1) is 11.6 Å². The Hall–Kier alpha value is 0.290.